The van der Waals surface area contributed by atoms with Gasteiger partial charge < -0.3 is 4.74 Å². The molecule has 0 aliphatic heterocycles. The van der Waals surface area contributed by atoms with Gasteiger partial charge in [-0.2, -0.15) is 0 Å². The molecule has 1 aromatic carbocycles. The molecule has 0 radical (unpaired) electrons. The zero-order valence-electron chi connectivity index (χ0n) is 9.95. The van der Waals surface area contributed by atoms with Gasteiger partial charge in [0.1, 0.15) is 12.2 Å². The minimum atomic E-state index is -0.360. The van der Waals surface area contributed by atoms with Crippen molar-refractivity contribution in [3.05, 3.63) is 35.4 Å². The average Bonchev–Trinajstić information content (AvgIpc) is 2.30. The van der Waals surface area contributed by atoms with E-state index >= 15 is 0 Å². The second-order valence-corrected chi connectivity index (χ2v) is 3.59. The summed E-state index contributed by atoms with van der Waals surface area (Å²) in [5.74, 6) is 5.34. The minimum Gasteiger partial charge on any atom is -0.468 e. The molecule has 0 N–H and O–H groups in total. The lowest BCUT2D eigenvalue weighted by atomic mass is 10.0. The van der Waals surface area contributed by atoms with Crippen molar-refractivity contribution in [1.29, 1.82) is 0 Å². The maximum atomic E-state index is 11.1. The van der Waals surface area contributed by atoms with Gasteiger partial charge in [-0.1, -0.05) is 30.0 Å². The van der Waals surface area contributed by atoms with Gasteiger partial charge in [-0.3, -0.25) is 9.59 Å². The molecule has 0 fully saturated rings. The quantitative estimate of drug-likeness (QED) is 0.586. The normalized spacial score (nSPS) is 9.06. The highest BCUT2D eigenvalue weighted by Crippen LogP contribution is 2.08. The predicted molar refractivity (Wildman–Crippen MR) is 64.3 cm³/mol. The largest absolute Gasteiger partial charge is 0.468 e. The Morgan fingerprint density at radius 3 is 2.65 bits per heavy atom. The molecule has 1 aromatic rings. The van der Waals surface area contributed by atoms with Gasteiger partial charge in [-0.25, -0.2) is 0 Å². The van der Waals surface area contributed by atoms with E-state index in [-0.39, 0.29) is 18.2 Å². The molecule has 0 spiro atoms. The number of Topliss-reactive ketones (excluding diaryl/α,β-unsaturated/α-hetero) is 1. The standard InChI is InChI=1S/C14H14O3/c1-11(15)10-13-7-4-3-6-12(13)8-5-9-14(16)17-2/h3-4,6-7H,9-10H2,1-2H3. The monoisotopic (exact) mass is 230 g/mol. The van der Waals surface area contributed by atoms with E-state index in [1.807, 2.05) is 24.3 Å². The first-order valence-electron chi connectivity index (χ1n) is 5.26. The van der Waals surface area contributed by atoms with Crippen molar-refractivity contribution in [3.63, 3.8) is 0 Å². The second-order valence-electron chi connectivity index (χ2n) is 3.59. The second kappa shape index (κ2) is 6.49. The molecule has 1 rings (SSSR count). The molecule has 0 saturated heterocycles. The van der Waals surface area contributed by atoms with E-state index in [0.29, 0.717) is 6.42 Å². The first kappa shape index (κ1) is 13.0. The van der Waals surface area contributed by atoms with Crippen molar-refractivity contribution in [2.24, 2.45) is 0 Å². The van der Waals surface area contributed by atoms with E-state index in [4.69, 9.17) is 0 Å². The van der Waals surface area contributed by atoms with Crippen LogP contribution in [-0.4, -0.2) is 18.9 Å². The molecule has 0 aliphatic rings. The molecule has 88 valence electrons. The van der Waals surface area contributed by atoms with Gasteiger partial charge in [0.2, 0.25) is 0 Å². The molecule has 0 atom stereocenters. The van der Waals surface area contributed by atoms with E-state index in [9.17, 15) is 9.59 Å². The van der Waals surface area contributed by atoms with Crippen molar-refractivity contribution < 1.29 is 14.3 Å². The third-order valence-corrected chi connectivity index (χ3v) is 2.14. The molecule has 3 nitrogen and oxygen atoms in total. The van der Waals surface area contributed by atoms with Crippen molar-refractivity contribution in [2.45, 2.75) is 19.8 Å². The van der Waals surface area contributed by atoms with E-state index in [1.54, 1.807) is 6.92 Å². The Morgan fingerprint density at radius 2 is 2.00 bits per heavy atom. The summed E-state index contributed by atoms with van der Waals surface area (Å²) in [6.07, 6.45) is 0.425. The number of carbonyl (C=O) groups excluding carboxylic acids is 2. The smallest absolute Gasteiger partial charge is 0.317 e. The van der Waals surface area contributed by atoms with Crippen molar-refractivity contribution in [1.82, 2.24) is 0 Å². The van der Waals surface area contributed by atoms with Crippen LogP contribution in [-0.2, 0) is 20.7 Å². The Bertz CT molecular complexity index is 478. The molecule has 17 heavy (non-hydrogen) atoms. The van der Waals surface area contributed by atoms with E-state index in [2.05, 4.69) is 16.6 Å². The van der Waals surface area contributed by atoms with E-state index < -0.39 is 0 Å². The number of esters is 1. The Morgan fingerprint density at radius 1 is 1.29 bits per heavy atom. The van der Waals surface area contributed by atoms with Gasteiger partial charge in [0.05, 0.1) is 7.11 Å². The molecular formula is C14H14O3. The zero-order valence-corrected chi connectivity index (χ0v) is 9.95. The van der Waals surface area contributed by atoms with Gasteiger partial charge in [-0.15, -0.1) is 0 Å². The molecule has 0 heterocycles. The van der Waals surface area contributed by atoms with Crippen molar-refractivity contribution in [3.8, 4) is 11.8 Å². The summed E-state index contributed by atoms with van der Waals surface area (Å²) in [5, 5.41) is 0. The van der Waals surface area contributed by atoms with Crippen molar-refractivity contribution in [2.75, 3.05) is 7.11 Å². The topological polar surface area (TPSA) is 43.4 Å². The molecular weight excluding hydrogens is 216 g/mol. The molecule has 3 heteroatoms. The number of hydrogen-bond donors (Lipinski definition) is 0. The Kier molecular flexibility index (Phi) is 4.96. The number of benzene rings is 1. The molecule has 0 saturated carbocycles. The molecule has 0 aliphatic carbocycles. The first-order valence-corrected chi connectivity index (χ1v) is 5.26. The van der Waals surface area contributed by atoms with E-state index in [0.717, 1.165) is 11.1 Å². The highest BCUT2D eigenvalue weighted by molar-refractivity contribution is 5.79. The van der Waals surface area contributed by atoms with Crippen LogP contribution in [0.15, 0.2) is 24.3 Å². The molecule has 0 bridgehead atoms. The fourth-order valence-electron chi connectivity index (χ4n) is 1.35. The Balaban J connectivity index is 2.82. The Hall–Kier alpha value is -2.08. The maximum absolute atomic E-state index is 11.1. The van der Waals surface area contributed by atoms with Gasteiger partial charge in [-0.05, 0) is 18.6 Å². The molecule has 0 unspecified atom stereocenters. The fourth-order valence-corrected chi connectivity index (χ4v) is 1.35. The number of ether oxygens (including phenoxy) is 1. The number of rotatable bonds is 3. The first-order chi connectivity index (χ1) is 8.13. The van der Waals surface area contributed by atoms with Crippen LogP contribution in [0.1, 0.15) is 24.5 Å². The van der Waals surface area contributed by atoms with Crippen LogP contribution in [0.3, 0.4) is 0 Å². The third-order valence-electron chi connectivity index (χ3n) is 2.14. The van der Waals surface area contributed by atoms with Crippen LogP contribution in [0.2, 0.25) is 0 Å². The summed E-state index contributed by atoms with van der Waals surface area (Å²) < 4.78 is 4.49. The number of ketones is 1. The Labute approximate surface area is 101 Å². The summed E-state index contributed by atoms with van der Waals surface area (Å²) in [4.78, 5) is 22.0. The molecule has 0 amide bonds. The van der Waals surface area contributed by atoms with Crippen LogP contribution in [0.4, 0.5) is 0 Å². The number of hydrogen-bond acceptors (Lipinski definition) is 3. The van der Waals surface area contributed by atoms with E-state index in [1.165, 1.54) is 7.11 Å². The number of methoxy groups -OCH3 is 1. The van der Waals surface area contributed by atoms with Crippen LogP contribution in [0, 0.1) is 11.8 Å². The lowest BCUT2D eigenvalue weighted by Crippen LogP contribution is -1.99. The third kappa shape index (κ3) is 4.52. The summed E-state index contributed by atoms with van der Waals surface area (Å²) in [5.41, 5.74) is 1.67. The van der Waals surface area contributed by atoms with Crippen LogP contribution in [0.25, 0.3) is 0 Å². The maximum Gasteiger partial charge on any atom is 0.317 e. The van der Waals surface area contributed by atoms with Crippen molar-refractivity contribution >= 4 is 11.8 Å². The van der Waals surface area contributed by atoms with Gasteiger partial charge in [0.25, 0.3) is 0 Å². The summed E-state index contributed by atoms with van der Waals surface area (Å²) >= 11 is 0. The SMILES string of the molecule is COC(=O)CC#Cc1ccccc1CC(C)=O. The lowest BCUT2D eigenvalue weighted by Gasteiger charge is -2.00. The van der Waals surface area contributed by atoms with Crippen LogP contribution in [0.5, 0.6) is 0 Å². The van der Waals surface area contributed by atoms with Gasteiger partial charge in [0, 0.05) is 12.0 Å². The average molecular weight is 230 g/mol. The number of carbonyl (C=O) groups is 2. The van der Waals surface area contributed by atoms with Crippen LogP contribution < -0.4 is 0 Å². The van der Waals surface area contributed by atoms with Gasteiger partial charge in [0.15, 0.2) is 0 Å². The summed E-state index contributed by atoms with van der Waals surface area (Å²) in [7, 11) is 1.33. The van der Waals surface area contributed by atoms with Crippen LogP contribution >= 0.6 is 0 Å². The summed E-state index contributed by atoms with van der Waals surface area (Å²) in [6.45, 7) is 1.54. The fraction of sp³-hybridized carbons (Fsp3) is 0.286. The minimum absolute atomic E-state index is 0.0604. The molecule has 0 aromatic heterocycles. The van der Waals surface area contributed by atoms with Gasteiger partial charge >= 0.3 is 5.97 Å². The predicted octanol–water partition coefficient (Wildman–Crippen LogP) is 1.73. The highest BCUT2D eigenvalue weighted by Gasteiger charge is 2.02. The zero-order chi connectivity index (χ0) is 12.7. The lowest BCUT2D eigenvalue weighted by molar-refractivity contribution is -0.139. The highest BCUT2D eigenvalue weighted by atomic mass is 16.5. The summed E-state index contributed by atoms with van der Waals surface area (Å²) in [6, 6.07) is 7.42.